The van der Waals surface area contributed by atoms with Crippen molar-refractivity contribution in [3.63, 3.8) is 0 Å². The molecule has 0 radical (unpaired) electrons. The number of carbonyl (C=O) groups is 3. The quantitative estimate of drug-likeness (QED) is 0.595. The molecule has 1 aromatic carbocycles. The van der Waals surface area contributed by atoms with Crippen molar-refractivity contribution in [1.82, 2.24) is 10.6 Å². The van der Waals surface area contributed by atoms with Gasteiger partial charge >= 0.3 is 18.0 Å². The van der Waals surface area contributed by atoms with Crippen molar-refractivity contribution in [2.24, 2.45) is 0 Å². The smallest absolute Gasteiger partial charge is 0.326 e. The molecule has 1 rings (SSSR count). The maximum Gasteiger partial charge on any atom is 0.326 e. The Bertz CT molecular complexity index is 460. The van der Waals surface area contributed by atoms with E-state index in [4.69, 9.17) is 10.2 Å². The molecule has 4 N–H and O–H groups in total. The number of nitrogens with one attached hydrogen (secondary N) is 2. The number of rotatable bonds is 6. The van der Waals surface area contributed by atoms with E-state index in [-0.39, 0.29) is 6.54 Å². The van der Waals surface area contributed by atoms with Crippen molar-refractivity contribution in [2.75, 3.05) is 0 Å². The van der Waals surface area contributed by atoms with Gasteiger partial charge in [0.25, 0.3) is 0 Å². The van der Waals surface area contributed by atoms with Crippen LogP contribution in [0.25, 0.3) is 0 Å². The lowest BCUT2D eigenvalue weighted by Crippen LogP contribution is -2.46. The third-order valence-electron chi connectivity index (χ3n) is 2.28. The Morgan fingerprint density at radius 2 is 1.74 bits per heavy atom. The summed E-state index contributed by atoms with van der Waals surface area (Å²) in [6.45, 7) is 0.228. The van der Waals surface area contributed by atoms with Gasteiger partial charge in [0.15, 0.2) is 0 Å². The van der Waals surface area contributed by atoms with Crippen LogP contribution in [0.5, 0.6) is 0 Å². The molecule has 2 amide bonds. The van der Waals surface area contributed by atoms with Crippen LogP contribution < -0.4 is 10.6 Å². The third kappa shape index (κ3) is 5.53. The molecule has 1 aromatic rings. The van der Waals surface area contributed by atoms with Crippen molar-refractivity contribution in [3.05, 3.63) is 35.9 Å². The summed E-state index contributed by atoms with van der Waals surface area (Å²) in [5.74, 6) is -2.69. The number of carboxylic acid groups (broad SMARTS) is 2. The predicted molar refractivity (Wildman–Crippen MR) is 65.5 cm³/mol. The van der Waals surface area contributed by atoms with Crippen LogP contribution in [0, 0.1) is 0 Å². The molecular formula is C12H14N2O5. The molecule has 7 heteroatoms. The van der Waals surface area contributed by atoms with E-state index in [2.05, 4.69) is 10.6 Å². The average molecular weight is 266 g/mol. The number of carbonyl (C=O) groups excluding carboxylic acids is 1. The molecule has 0 aliphatic heterocycles. The van der Waals surface area contributed by atoms with Crippen LogP contribution in [0.15, 0.2) is 30.3 Å². The topological polar surface area (TPSA) is 116 Å². The largest absolute Gasteiger partial charge is 0.481 e. The molecule has 19 heavy (non-hydrogen) atoms. The summed E-state index contributed by atoms with van der Waals surface area (Å²) in [5.41, 5.74) is 0.850. The van der Waals surface area contributed by atoms with Gasteiger partial charge in [-0.3, -0.25) is 4.79 Å². The van der Waals surface area contributed by atoms with Crippen LogP contribution in [0.3, 0.4) is 0 Å². The van der Waals surface area contributed by atoms with Crippen molar-refractivity contribution < 1.29 is 24.6 Å². The minimum atomic E-state index is -1.45. The zero-order valence-corrected chi connectivity index (χ0v) is 10.00. The molecule has 0 aliphatic carbocycles. The molecule has 0 unspecified atom stereocenters. The first kappa shape index (κ1) is 14.5. The van der Waals surface area contributed by atoms with Crippen LogP contribution >= 0.6 is 0 Å². The highest BCUT2D eigenvalue weighted by Crippen LogP contribution is 1.97. The average Bonchev–Trinajstić information content (AvgIpc) is 2.36. The molecule has 0 aromatic heterocycles. The maximum atomic E-state index is 11.4. The molecule has 0 saturated heterocycles. The summed E-state index contributed by atoms with van der Waals surface area (Å²) in [5, 5.41) is 21.8. The lowest BCUT2D eigenvalue weighted by molar-refractivity contribution is -0.145. The van der Waals surface area contributed by atoms with Gasteiger partial charge in [0.1, 0.15) is 6.04 Å². The number of aliphatic carboxylic acids is 2. The van der Waals surface area contributed by atoms with E-state index in [1.54, 1.807) is 24.3 Å². The Hall–Kier alpha value is -2.57. The first-order valence-corrected chi connectivity index (χ1v) is 5.52. The molecule has 1 atom stereocenters. The summed E-state index contributed by atoms with van der Waals surface area (Å²) in [6, 6.07) is 6.86. The van der Waals surface area contributed by atoms with Gasteiger partial charge in [-0.05, 0) is 5.56 Å². The summed E-state index contributed by atoms with van der Waals surface area (Å²) in [4.78, 5) is 32.6. The van der Waals surface area contributed by atoms with Crippen molar-refractivity contribution in [1.29, 1.82) is 0 Å². The Kier molecular flexibility index (Phi) is 5.34. The highest BCUT2D eigenvalue weighted by molar-refractivity contribution is 5.86. The van der Waals surface area contributed by atoms with Crippen molar-refractivity contribution >= 4 is 18.0 Å². The summed E-state index contributed by atoms with van der Waals surface area (Å²) in [6.07, 6.45) is -0.673. The number of benzene rings is 1. The maximum absolute atomic E-state index is 11.4. The molecule has 102 valence electrons. The first-order chi connectivity index (χ1) is 8.99. The van der Waals surface area contributed by atoms with Crippen LogP contribution in [0.1, 0.15) is 12.0 Å². The summed E-state index contributed by atoms with van der Waals surface area (Å²) < 4.78 is 0. The lowest BCUT2D eigenvalue weighted by atomic mass is 10.2. The lowest BCUT2D eigenvalue weighted by Gasteiger charge is -2.13. The zero-order valence-electron chi connectivity index (χ0n) is 10.00. The Labute approximate surface area is 109 Å². The molecule has 0 heterocycles. The Morgan fingerprint density at radius 1 is 1.11 bits per heavy atom. The molecule has 0 saturated carbocycles. The molecule has 0 aliphatic rings. The number of amides is 2. The van der Waals surface area contributed by atoms with Gasteiger partial charge in [0.2, 0.25) is 0 Å². The van der Waals surface area contributed by atoms with Gasteiger partial charge < -0.3 is 20.8 Å². The van der Waals surface area contributed by atoms with Gasteiger partial charge in [-0.15, -0.1) is 0 Å². The second kappa shape index (κ2) is 7.00. The van der Waals surface area contributed by atoms with E-state index >= 15 is 0 Å². The van der Waals surface area contributed by atoms with E-state index in [9.17, 15) is 14.4 Å². The van der Waals surface area contributed by atoms with Gasteiger partial charge in [0.05, 0.1) is 6.42 Å². The minimum absolute atomic E-state index is 0.228. The van der Waals surface area contributed by atoms with Crippen LogP contribution in [-0.4, -0.2) is 34.2 Å². The minimum Gasteiger partial charge on any atom is -0.481 e. The fourth-order valence-corrected chi connectivity index (χ4v) is 1.36. The fraction of sp³-hybridized carbons (Fsp3) is 0.250. The third-order valence-corrected chi connectivity index (χ3v) is 2.28. The fourth-order valence-electron chi connectivity index (χ4n) is 1.36. The highest BCUT2D eigenvalue weighted by atomic mass is 16.4. The SMILES string of the molecule is O=C(O)C[C@@H](NC(=O)NCc1ccccc1)C(=O)O. The molecule has 0 bridgehead atoms. The Balaban J connectivity index is 2.45. The van der Waals surface area contributed by atoms with Crippen LogP contribution in [-0.2, 0) is 16.1 Å². The molecule has 7 nitrogen and oxygen atoms in total. The van der Waals surface area contributed by atoms with E-state index in [1.165, 1.54) is 0 Å². The summed E-state index contributed by atoms with van der Waals surface area (Å²) >= 11 is 0. The van der Waals surface area contributed by atoms with Gasteiger partial charge in [-0.2, -0.15) is 0 Å². The monoisotopic (exact) mass is 266 g/mol. The van der Waals surface area contributed by atoms with E-state index in [1.807, 2.05) is 6.07 Å². The number of hydrogen-bond acceptors (Lipinski definition) is 3. The normalized spacial score (nSPS) is 11.4. The highest BCUT2D eigenvalue weighted by Gasteiger charge is 2.22. The van der Waals surface area contributed by atoms with Gasteiger partial charge in [-0.1, -0.05) is 30.3 Å². The number of carboxylic acids is 2. The number of urea groups is 1. The summed E-state index contributed by atoms with van der Waals surface area (Å²) in [7, 11) is 0. The second-order valence-corrected chi connectivity index (χ2v) is 3.80. The van der Waals surface area contributed by atoms with Crippen molar-refractivity contribution in [3.8, 4) is 0 Å². The number of hydrogen-bond donors (Lipinski definition) is 4. The van der Waals surface area contributed by atoms with Crippen molar-refractivity contribution in [2.45, 2.75) is 19.0 Å². The predicted octanol–water partition coefficient (Wildman–Crippen LogP) is 0.414. The van der Waals surface area contributed by atoms with E-state index in [0.29, 0.717) is 0 Å². The first-order valence-electron chi connectivity index (χ1n) is 5.52. The van der Waals surface area contributed by atoms with E-state index < -0.39 is 30.4 Å². The molecular weight excluding hydrogens is 252 g/mol. The van der Waals surface area contributed by atoms with Crippen LogP contribution in [0.4, 0.5) is 4.79 Å². The molecule has 0 spiro atoms. The van der Waals surface area contributed by atoms with Gasteiger partial charge in [0, 0.05) is 6.54 Å². The van der Waals surface area contributed by atoms with Crippen LogP contribution in [0.2, 0.25) is 0 Å². The van der Waals surface area contributed by atoms with Gasteiger partial charge in [-0.25, -0.2) is 9.59 Å². The van der Waals surface area contributed by atoms with E-state index in [0.717, 1.165) is 5.56 Å². The molecule has 0 fully saturated rings. The Morgan fingerprint density at radius 3 is 2.26 bits per heavy atom. The zero-order chi connectivity index (χ0) is 14.3. The second-order valence-electron chi connectivity index (χ2n) is 3.80. The standard InChI is InChI=1S/C12H14N2O5/c15-10(16)6-9(11(17)18)14-12(19)13-7-8-4-2-1-3-5-8/h1-5,9H,6-7H2,(H,15,16)(H,17,18)(H2,13,14,19)/t9-/m1/s1.